The molecule has 0 bridgehead atoms. The Labute approximate surface area is 227 Å². The van der Waals surface area contributed by atoms with Crippen molar-refractivity contribution in [3.8, 4) is 11.5 Å². The topological polar surface area (TPSA) is 55.8 Å². The standard InChI is InChI=1S/C33H56O4/c1-7-8-9-10-11-12-13-14-15-16-17-18-19-20-21-22-30(34)36-28(5)33(6)24-23-29-27(4)31(35)25(2)26(3)32(29)37-33/h28,35H,7-24H2,1-6H3. The molecule has 1 N–H and O–H groups in total. The number of carbonyl (C=O) groups excluding carboxylic acids is 1. The van der Waals surface area contributed by atoms with Gasteiger partial charge in [0.2, 0.25) is 0 Å². The van der Waals surface area contributed by atoms with Crippen molar-refractivity contribution < 1.29 is 19.4 Å². The smallest absolute Gasteiger partial charge is 0.306 e. The maximum absolute atomic E-state index is 12.5. The Morgan fingerprint density at radius 1 is 0.838 bits per heavy atom. The van der Waals surface area contributed by atoms with Crippen LogP contribution < -0.4 is 4.74 Å². The second-order valence-electron chi connectivity index (χ2n) is 11.8. The van der Waals surface area contributed by atoms with E-state index in [1.807, 2.05) is 34.6 Å². The lowest BCUT2D eigenvalue weighted by atomic mass is 9.84. The largest absolute Gasteiger partial charge is 0.507 e. The molecular formula is C33H56O4. The maximum atomic E-state index is 12.5. The first-order valence-corrected chi connectivity index (χ1v) is 15.4. The van der Waals surface area contributed by atoms with Gasteiger partial charge < -0.3 is 14.6 Å². The van der Waals surface area contributed by atoms with Crippen molar-refractivity contribution in [1.29, 1.82) is 0 Å². The number of phenolic OH excluding ortho intramolecular Hbond substituents is 1. The Morgan fingerprint density at radius 3 is 1.84 bits per heavy atom. The lowest BCUT2D eigenvalue weighted by Gasteiger charge is -2.41. The van der Waals surface area contributed by atoms with Crippen molar-refractivity contribution in [3.05, 3.63) is 22.3 Å². The number of hydrogen-bond donors (Lipinski definition) is 1. The second kappa shape index (κ2) is 16.3. The molecule has 0 saturated heterocycles. The molecule has 1 aromatic rings. The minimum Gasteiger partial charge on any atom is -0.507 e. The fraction of sp³-hybridized carbons (Fsp3) is 0.788. The number of unbranched alkanes of at least 4 members (excludes halogenated alkanes) is 14. The predicted molar refractivity (Wildman–Crippen MR) is 155 cm³/mol. The first-order chi connectivity index (χ1) is 17.7. The van der Waals surface area contributed by atoms with Gasteiger partial charge in [-0.2, -0.15) is 0 Å². The van der Waals surface area contributed by atoms with Crippen LogP contribution in [0.1, 0.15) is 152 Å². The molecular weight excluding hydrogens is 460 g/mol. The van der Waals surface area contributed by atoms with Crippen LogP contribution in [0, 0.1) is 20.8 Å². The summed E-state index contributed by atoms with van der Waals surface area (Å²) in [7, 11) is 0. The van der Waals surface area contributed by atoms with Crippen LogP contribution in [-0.4, -0.2) is 22.8 Å². The molecule has 0 fully saturated rings. The van der Waals surface area contributed by atoms with E-state index < -0.39 is 5.60 Å². The quantitative estimate of drug-likeness (QED) is 0.156. The van der Waals surface area contributed by atoms with E-state index in [9.17, 15) is 9.90 Å². The molecule has 0 spiro atoms. The van der Waals surface area contributed by atoms with Gasteiger partial charge in [-0.15, -0.1) is 0 Å². The van der Waals surface area contributed by atoms with E-state index in [-0.39, 0.29) is 12.1 Å². The van der Waals surface area contributed by atoms with Crippen LogP contribution in [0.3, 0.4) is 0 Å². The van der Waals surface area contributed by atoms with Crippen LogP contribution in [0.4, 0.5) is 0 Å². The molecule has 0 aromatic heterocycles. The molecule has 37 heavy (non-hydrogen) atoms. The summed E-state index contributed by atoms with van der Waals surface area (Å²) in [5.74, 6) is 1.10. The molecule has 0 amide bonds. The van der Waals surface area contributed by atoms with E-state index >= 15 is 0 Å². The first-order valence-electron chi connectivity index (χ1n) is 15.4. The molecule has 0 saturated carbocycles. The van der Waals surface area contributed by atoms with Gasteiger partial charge in [0.25, 0.3) is 0 Å². The van der Waals surface area contributed by atoms with Gasteiger partial charge in [-0.25, -0.2) is 0 Å². The molecule has 1 aliphatic rings. The summed E-state index contributed by atoms with van der Waals surface area (Å²) in [6.45, 7) is 12.1. The fourth-order valence-corrected chi connectivity index (χ4v) is 5.57. The molecule has 2 rings (SSSR count). The van der Waals surface area contributed by atoms with E-state index in [1.54, 1.807) is 0 Å². The van der Waals surface area contributed by atoms with Gasteiger partial charge >= 0.3 is 5.97 Å². The number of esters is 1. The van der Waals surface area contributed by atoms with Gasteiger partial charge in [-0.3, -0.25) is 4.79 Å². The minimum absolute atomic E-state index is 0.118. The molecule has 1 aliphatic heterocycles. The van der Waals surface area contributed by atoms with Crippen LogP contribution in [0.2, 0.25) is 0 Å². The predicted octanol–water partition coefficient (Wildman–Crippen LogP) is 9.59. The molecule has 0 radical (unpaired) electrons. The maximum Gasteiger partial charge on any atom is 0.306 e. The third kappa shape index (κ3) is 9.84. The van der Waals surface area contributed by atoms with E-state index in [0.717, 1.165) is 53.7 Å². The Kier molecular flexibility index (Phi) is 13.9. The summed E-state index contributed by atoms with van der Waals surface area (Å²) >= 11 is 0. The molecule has 4 heteroatoms. The van der Waals surface area contributed by atoms with Gasteiger partial charge in [0.1, 0.15) is 23.2 Å². The molecule has 2 atom stereocenters. The summed E-state index contributed by atoms with van der Waals surface area (Å²) < 4.78 is 12.3. The fourth-order valence-electron chi connectivity index (χ4n) is 5.57. The van der Waals surface area contributed by atoms with Crippen molar-refractivity contribution in [2.75, 3.05) is 0 Å². The summed E-state index contributed by atoms with van der Waals surface area (Å²) in [5, 5.41) is 10.4. The van der Waals surface area contributed by atoms with E-state index in [2.05, 4.69) is 6.92 Å². The van der Waals surface area contributed by atoms with E-state index in [1.165, 1.54) is 83.5 Å². The lowest BCUT2D eigenvalue weighted by molar-refractivity contribution is -0.160. The summed E-state index contributed by atoms with van der Waals surface area (Å²) in [6, 6.07) is 0. The van der Waals surface area contributed by atoms with Crippen LogP contribution in [0.15, 0.2) is 0 Å². The third-order valence-electron chi connectivity index (χ3n) is 8.70. The molecule has 4 nitrogen and oxygen atoms in total. The highest BCUT2D eigenvalue weighted by Crippen LogP contribution is 2.44. The molecule has 212 valence electrons. The van der Waals surface area contributed by atoms with Gasteiger partial charge in [0.15, 0.2) is 0 Å². The van der Waals surface area contributed by atoms with Crippen molar-refractivity contribution in [1.82, 2.24) is 0 Å². The van der Waals surface area contributed by atoms with Crippen molar-refractivity contribution in [2.24, 2.45) is 0 Å². The van der Waals surface area contributed by atoms with Crippen LogP contribution in [0.25, 0.3) is 0 Å². The number of aromatic hydroxyl groups is 1. The van der Waals surface area contributed by atoms with Gasteiger partial charge in [0, 0.05) is 12.0 Å². The van der Waals surface area contributed by atoms with Crippen molar-refractivity contribution >= 4 is 5.97 Å². The Morgan fingerprint density at radius 2 is 1.32 bits per heavy atom. The van der Waals surface area contributed by atoms with Gasteiger partial charge in [0.05, 0.1) is 0 Å². The number of benzene rings is 1. The second-order valence-corrected chi connectivity index (χ2v) is 11.8. The normalized spacial score (nSPS) is 17.8. The van der Waals surface area contributed by atoms with E-state index in [4.69, 9.17) is 9.47 Å². The number of ether oxygens (including phenoxy) is 2. The lowest BCUT2D eigenvalue weighted by Crippen LogP contribution is -2.48. The Bertz CT molecular complexity index is 830. The molecule has 1 heterocycles. The average Bonchev–Trinajstić information content (AvgIpc) is 2.88. The van der Waals surface area contributed by atoms with Crippen molar-refractivity contribution in [3.63, 3.8) is 0 Å². The average molecular weight is 517 g/mol. The summed E-state index contributed by atoms with van der Waals surface area (Å²) in [6.07, 6.45) is 21.5. The first kappa shape index (κ1) is 31.5. The van der Waals surface area contributed by atoms with Gasteiger partial charge in [-0.05, 0) is 70.6 Å². The number of carbonyl (C=O) groups is 1. The van der Waals surface area contributed by atoms with Crippen LogP contribution in [0.5, 0.6) is 11.5 Å². The monoisotopic (exact) mass is 516 g/mol. The number of phenols is 1. The van der Waals surface area contributed by atoms with E-state index in [0.29, 0.717) is 12.2 Å². The highest BCUT2D eigenvalue weighted by molar-refractivity contribution is 5.69. The zero-order chi connectivity index (χ0) is 27.3. The third-order valence-corrected chi connectivity index (χ3v) is 8.70. The van der Waals surface area contributed by atoms with Crippen molar-refractivity contribution in [2.45, 2.75) is 169 Å². The SMILES string of the molecule is CCCCCCCCCCCCCCCCCC(=O)OC(C)C1(C)CCc2c(C)c(O)c(C)c(C)c2O1. The van der Waals surface area contributed by atoms with Crippen LogP contribution in [-0.2, 0) is 16.0 Å². The highest BCUT2D eigenvalue weighted by Gasteiger charge is 2.41. The number of fused-ring (bicyclic) bond motifs is 1. The minimum atomic E-state index is -0.557. The number of rotatable bonds is 18. The molecule has 2 unspecified atom stereocenters. The zero-order valence-corrected chi connectivity index (χ0v) is 25.0. The molecule has 1 aromatic carbocycles. The number of hydrogen-bond acceptors (Lipinski definition) is 4. The Balaban J connectivity index is 1.57. The van der Waals surface area contributed by atoms with Crippen LogP contribution >= 0.6 is 0 Å². The summed E-state index contributed by atoms with van der Waals surface area (Å²) in [4.78, 5) is 12.5. The zero-order valence-electron chi connectivity index (χ0n) is 25.0. The summed E-state index contributed by atoms with van der Waals surface area (Å²) in [5.41, 5.74) is 3.25. The Hall–Kier alpha value is -1.71. The highest BCUT2D eigenvalue weighted by atomic mass is 16.6. The van der Waals surface area contributed by atoms with Gasteiger partial charge in [-0.1, -0.05) is 96.8 Å². The molecule has 0 aliphatic carbocycles.